The maximum Gasteiger partial charge on any atom is 0.276 e. The minimum atomic E-state index is -0.476. The summed E-state index contributed by atoms with van der Waals surface area (Å²) in [5, 5.41) is 3.03. The van der Waals surface area contributed by atoms with E-state index < -0.39 is 11.8 Å². The number of hydrazine groups is 1. The summed E-state index contributed by atoms with van der Waals surface area (Å²) in [5.41, 5.74) is 7.14. The molecule has 0 aromatic heterocycles. The first kappa shape index (κ1) is 25.0. The first-order valence-corrected chi connectivity index (χ1v) is 11.3. The van der Waals surface area contributed by atoms with Crippen molar-refractivity contribution < 1.29 is 19.1 Å². The van der Waals surface area contributed by atoms with E-state index in [2.05, 4.69) is 16.2 Å². The van der Waals surface area contributed by atoms with E-state index in [0.29, 0.717) is 35.1 Å². The monoisotopic (exact) mass is 497 g/mol. The van der Waals surface area contributed by atoms with E-state index in [-0.39, 0.29) is 11.7 Å². The first-order valence-electron chi connectivity index (χ1n) is 10.5. The molecule has 0 saturated carbocycles. The Bertz CT molecular complexity index is 1160. The summed E-state index contributed by atoms with van der Waals surface area (Å²) >= 11 is 11.0. The number of benzene rings is 3. The molecule has 2 amide bonds. The van der Waals surface area contributed by atoms with Crippen LogP contribution in [0.25, 0.3) is 0 Å². The van der Waals surface area contributed by atoms with E-state index in [9.17, 15) is 9.59 Å². The highest BCUT2D eigenvalue weighted by atomic mass is 35.5. The molecule has 0 aliphatic heterocycles. The number of halogens is 1. The maximum absolute atomic E-state index is 12.7. The van der Waals surface area contributed by atoms with Gasteiger partial charge in [0.15, 0.2) is 11.7 Å². The van der Waals surface area contributed by atoms with E-state index in [1.807, 2.05) is 37.3 Å². The molecule has 0 fully saturated rings. The number of ether oxygens (including phenoxy) is 2. The number of carbonyl (C=O) groups is 2. The van der Waals surface area contributed by atoms with Crippen molar-refractivity contribution in [2.75, 3.05) is 13.2 Å². The van der Waals surface area contributed by atoms with E-state index >= 15 is 0 Å². The van der Waals surface area contributed by atoms with Crippen LogP contribution >= 0.6 is 23.8 Å². The lowest BCUT2D eigenvalue weighted by atomic mass is 10.1. The van der Waals surface area contributed by atoms with Crippen LogP contribution in [0.5, 0.6) is 11.5 Å². The maximum atomic E-state index is 12.7. The van der Waals surface area contributed by atoms with E-state index in [4.69, 9.17) is 33.3 Å². The predicted molar refractivity (Wildman–Crippen MR) is 135 cm³/mol. The Labute approximate surface area is 208 Å². The third kappa shape index (κ3) is 7.75. The molecule has 7 nitrogen and oxygen atoms in total. The van der Waals surface area contributed by atoms with Crippen LogP contribution in [0.3, 0.4) is 0 Å². The number of nitrogens with one attached hydrogen (secondary N) is 3. The highest BCUT2D eigenvalue weighted by molar-refractivity contribution is 7.80. The summed E-state index contributed by atoms with van der Waals surface area (Å²) in [4.78, 5) is 24.7. The molecule has 3 aromatic carbocycles. The molecule has 34 heavy (non-hydrogen) atoms. The van der Waals surface area contributed by atoms with Crippen molar-refractivity contribution >= 4 is 40.7 Å². The quantitative estimate of drug-likeness (QED) is 0.322. The van der Waals surface area contributed by atoms with Crippen molar-refractivity contribution in [3.05, 3.63) is 94.5 Å². The molecule has 0 radical (unpaired) electrons. The molecule has 3 N–H and O–H groups in total. The van der Waals surface area contributed by atoms with Crippen LogP contribution in [-0.2, 0) is 11.2 Å². The van der Waals surface area contributed by atoms with Crippen LogP contribution in [0.1, 0.15) is 21.5 Å². The van der Waals surface area contributed by atoms with E-state index in [1.54, 1.807) is 42.5 Å². The van der Waals surface area contributed by atoms with Crippen LogP contribution in [-0.4, -0.2) is 30.1 Å². The van der Waals surface area contributed by atoms with Gasteiger partial charge in [-0.1, -0.05) is 54.1 Å². The van der Waals surface area contributed by atoms with Crippen LogP contribution in [0.4, 0.5) is 0 Å². The Morgan fingerprint density at radius 2 is 1.65 bits per heavy atom. The predicted octanol–water partition coefficient (Wildman–Crippen LogP) is 3.98. The molecule has 0 bridgehead atoms. The second-order valence-electron chi connectivity index (χ2n) is 7.24. The lowest BCUT2D eigenvalue weighted by Gasteiger charge is -2.14. The van der Waals surface area contributed by atoms with Gasteiger partial charge in [-0.2, -0.15) is 0 Å². The summed E-state index contributed by atoms with van der Waals surface area (Å²) in [6.45, 7) is 2.00. The Morgan fingerprint density at radius 3 is 2.41 bits per heavy atom. The number of carbonyl (C=O) groups excluding carboxylic acids is 2. The summed E-state index contributed by atoms with van der Waals surface area (Å²) in [7, 11) is 0. The highest BCUT2D eigenvalue weighted by Crippen LogP contribution is 2.21. The van der Waals surface area contributed by atoms with Gasteiger partial charge in [0.1, 0.15) is 11.5 Å². The summed E-state index contributed by atoms with van der Waals surface area (Å²) < 4.78 is 11.3. The van der Waals surface area contributed by atoms with Crippen molar-refractivity contribution in [1.29, 1.82) is 0 Å². The zero-order valence-corrected chi connectivity index (χ0v) is 20.0. The molecule has 3 rings (SSSR count). The van der Waals surface area contributed by atoms with Crippen molar-refractivity contribution in [1.82, 2.24) is 16.2 Å². The Balaban J connectivity index is 1.44. The Hall–Kier alpha value is -3.62. The minimum absolute atomic E-state index is 0.0693. The van der Waals surface area contributed by atoms with Gasteiger partial charge in [0.05, 0.1) is 12.2 Å². The zero-order valence-electron chi connectivity index (χ0n) is 18.5. The van der Waals surface area contributed by atoms with Gasteiger partial charge in [0.2, 0.25) is 0 Å². The summed E-state index contributed by atoms with van der Waals surface area (Å²) in [6.07, 6.45) is 0.709. The fourth-order valence-corrected chi connectivity index (χ4v) is 3.36. The van der Waals surface area contributed by atoms with Crippen molar-refractivity contribution in [2.24, 2.45) is 0 Å². The number of rotatable bonds is 8. The molecule has 0 aliphatic carbocycles. The van der Waals surface area contributed by atoms with Gasteiger partial charge in [-0.05, 0) is 60.6 Å². The molecular weight excluding hydrogens is 474 g/mol. The average molecular weight is 498 g/mol. The molecular formula is C25H24ClN3O4S. The van der Waals surface area contributed by atoms with Gasteiger partial charge in [-0.25, -0.2) is 0 Å². The normalized spacial score (nSPS) is 10.2. The molecule has 0 spiro atoms. The molecule has 0 saturated heterocycles. The van der Waals surface area contributed by atoms with E-state index in [1.165, 1.54) is 0 Å². The molecule has 3 aromatic rings. The molecule has 9 heteroatoms. The number of thiocarbonyl (C=S) groups is 1. The molecule has 0 unspecified atom stereocenters. The smallest absolute Gasteiger partial charge is 0.276 e. The van der Waals surface area contributed by atoms with Gasteiger partial charge in [-0.15, -0.1) is 0 Å². The van der Waals surface area contributed by atoms with Crippen molar-refractivity contribution in [3.8, 4) is 11.5 Å². The zero-order chi connectivity index (χ0) is 24.3. The topological polar surface area (TPSA) is 88.7 Å². The lowest BCUT2D eigenvalue weighted by Crippen LogP contribution is -2.49. The summed E-state index contributed by atoms with van der Waals surface area (Å²) in [5.74, 6) is 0.0412. The summed E-state index contributed by atoms with van der Waals surface area (Å²) in [6, 6.07) is 21.9. The number of para-hydroxylation sites is 1. The largest absolute Gasteiger partial charge is 0.492 e. The fraction of sp³-hybridized carbons (Fsp3) is 0.160. The third-order valence-corrected chi connectivity index (χ3v) is 5.10. The lowest BCUT2D eigenvalue weighted by molar-refractivity contribution is -0.123. The first-order chi connectivity index (χ1) is 16.4. The number of aryl methyl sites for hydroxylation is 1. The van der Waals surface area contributed by atoms with Crippen molar-refractivity contribution in [2.45, 2.75) is 13.3 Å². The Kier molecular flexibility index (Phi) is 9.25. The van der Waals surface area contributed by atoms with Crippen molar-refractivity contribution in [3.63, 3.8) is 0 Å². The van der Waals surface area contributed by atoms with Crippen LogP contribution in [0.15, 0.2) is 72.8 Å². The third-order valence-electron chi connectivity index (χ3n) is 4.66. The second-order valence-corrected chi connectivity index (χ2v) is 8.08. The number of amides is 2. The SMILES string of the molecule is Cc1cc(Cl)ccc1OCC(=O)NNC(=S)NC(=O)c1ccccc1OCCc1ccccc1. The van der Waals surface area contributed by atoms with Gasteiger partial charge in [0, 0.05) is 11.4 Å². The van der Waals surface area contributed by atoms with Gasteiger partial charge in [0.25, 0.3) is 11.8 Å². The number of hydrogen-bond donors (Lipinski definition) is 3. The molecule has 0 atom stereocenters. The molecule has 0 heterocycles. The Morgan fingerprint density at radius 1 is 0.912 bits per heavy atom. The van der Waals surface area contributed by atoms with Gasteiger partial charge < -0.3 is 9.47 Å². The minimum Gasteiger partial charge on any atom is -0.492 e. The number of hydrogen-bond acceptors (Lipinski definition) is 5. The standard InChI is InChI=1S/C25H24ClN3O4S/c1-17-15-19(26)11-12-21(17)33-16-23(30)28-29-25(34)27-24(31)20-9-5-6-10-22(20)32-14-13-18-7-3-2-4-8-18/h2-12,15H,13-14,16H2,1H3,(H,28,30)(H2,27,29,31,34). The van der Waals surface area contributed by atoms with Gasteiger partial charge >= 0.3 is 0 Å². The fourth-order valence-electron chi connectivity index (χ4n) is 2.99. The van der Waals surface area contributed by atoms with Crippen LogP contribution in [0, 0.1) is 6.92 Å². The second kappa shape index (κ2) is 12.6. The molecule has 0 aliphatic rings. The van der Waals surface area contributed by atoms with E-state index in [0.717, 1.165) is 11.1 Å². The molecule has 176 valence electrons. The van der Waals surface area contributed by atoms with Gasteiger partial charge in [-0.3, -0.25) is 25.8 Å². The highest BCUT2D eigenvalue weighted by Gasteiger charge is 2.14. The average Bonchev–Trinajstić information content (AvgIpc) is 2.83. The van der Waals surface area contributed by atoms with Crippen LogP contribution in [0.2, 0.25) is 5.02 Å². The van der Waals surface area contributed by atoms with Crippen LogP contribution < -0.4 is 25.6 Å².